The van der Waals surface area contributed by atoms with E-state index in [0.717, 1.165) is 5.56 Å². The Bertz CT molecular complexity index is 1160. The second-order valence-electron chi connectivity index (χ2n) is 6.02. The van der Waals surface area contributed by atoms with Crippen molar-refractivity contribution in [2.75, 3.05) is 7.11 Å². The monoisotopic (exact) mass is 446 g/mol. The van der Waals surface area contributed by atoms with Crippen molar-refractivity contribution in [1.82, 2.24) is 20.7 Å². The summed E-state index contributed by atoms with van der Waals surface area (Å²) in [7, 11) is -2.64. The molecule has 1 heterocycles. The maximum Gasteiger partial charge on any atom is 0.281 e. The first-order chi connectivity index (χ1) is 14.3. The number of hydrazine groups is 1. The number of aryl methyl sites for hydroxylation is 1. The van der Waals surface area contributed by atoms with Crippen LogP contribution in [0.25, 0.3) is 10.6 Å². The molecule has 0 aliphatic carbocycles. The molecule has 2 amide bonds. The number of thiazole rings is 1. The van der Waals surface area contributed by atoms with Gasteiger partial charge in [-0.1, -0.05) is 35.2 Å². The van der Waals surface area contributed by atoms with Crippen molar-refractivity contribution in [3.8, 4) is 10.6 Å². The van der Waals surface area contributed by atoms with Crippen molar-refractivity contribution in [2.45, 2.75) is 11.8 Å². The van der Waals surface area contributed by atoms with E-state index >= 15 is 0 Å². The number of rotatable bonds is 6. The van der Waals surface area contributed by atoms with Crippen LogP contribution < -0.4 is 15.7 Å². The third kappa shape index (κ3) is 4.89. The maximum atomic E-state index is 12.4. The van der Waals surface area contributed by atoms with E-state index in [1.54, 1.807) is 6.92 Å². The van der Waals surface area contributed by atoms with E-state index < -0.39 is 21.8 Å². The van der Waals surface area contributed by atoms with Crippen LogP contribution in [0.3, 0.4) is 0 Å². The highest BCUT2D eigenvalue weighted by Crippen LogP contribution is 2.27. The number of sulfonamides is 1. The standard InChI is InChI=1S/C19H18N4O5S2/c1-12-16(29-19(20-12)14-6-4-3-5-7-14)18(25)22-21-17(24)13-8-10-15(11-9-13)30(26,27)23-28-2/h3-11,23H,1-2H3,(H,21,24)(H,22,25). The molecule has 2 aromatic carbocycles. The summed E-state index contributed by atoms with van der Waals surface area (Å²) in [5, 5.41) is 0.700. The minimum absolute atomic E-state index is 0.0707. The fourth-order valence-corrected chi connectivity index (χ4v) is 4.27. The van der Waals surface area contributed by atoms with E-state index in [-0.39, 0.29) is 10.5 Å². The molecule has 0 aliphatic rings. The Kier molecular flexibility index (Phi) is 6.57. The van der Waals surface area contributed by atoms with Gasteiger partial charge in [0.05, 0.1) is 17.7 Å². The molecule has 0 fully saturated rings. The summed E-state index contributed by atoms with van der Waals surface area (Å²) in [4.78, 5) is 35.7. The van der Waals surface area contributed by atoms with Crippen LogP contribution in [0.2, 0.25) is 0 Å². The molecule has 0 aliphatic heterocycles. The number of carbonyl (C=O) groups excluding carboxylic acids is 2. The minimum atomic E-state index is -3.82. The summed E-state index contributed by atoms with van der Waals surface area (Å²) in [5.74, 6) is -1.10. The zero-order valence-electron chi connectivity index (χ0n) is 16.0. The topological polar surface area (TPSA) is 126 Å². The number of nitrogens with one attached hydrogen (secondary N) is 3. The SMILES string of the molecule is CONS(=O)(=O)c1ccc(C(=O)NNC(=O)c2sc(-c3ccccc3)nc2C)cc1. The number of nitrogens with zero attached hydrogens (tertiary/aromatic N) is 1. The lowest BCUT2D eigenvalue weighted by molar-refractivity contribution is 0.0848. The van der Waals surface area contributed by atoms with Gasteiger partial charge in [-0.05, 0) is 31.2 Å². The van der Waals surface area contributed by atoms with Gasteiger partial charge in [0, 0.05) is 11.1 Å². The van der Waals surface area contributed by atoms with Gasteiger partial charge in [0.2, 0.25) is 0 Å². The zero-order valence-corrected chi connectivity index (χ0v) is 17.6. The normalized spacial score (nSPS) is 11.1. The van der Waals surface area contributed by atoms with Crippen molar-refractivity contribution < 1.29 is 22.8 Å². The van der Waals surface area contributed by atoms with Crippen LogP contribution in [0.15, 0.2) is 59.5 Å². The van der Waals surface area contributed by atoms with E-state index in [9.17, 15) is 18.0 Å². The Balaban J connectivity index is 1.65. The van der Waals surface area contributed by atoms with Gasteiger partial charge in [0.1, 0.15) is 9.88 Å². The number of benzene rings is 2. The number of hydrogen-bond donors (Lipinski definition) is 3. The number of amides is 2. The maximum absolute atomic E-state index is 12.4. The zero-order chi connectivity index (χ0) is 21.7. The summed E-state index contributed by atoms with van der Waals surface area (Å²) >= 11 is 1.22. The smallest absolute Gasteiger partial charge is 0.281 e. The first-order valence-corrected chi connectivity index (χ1v) is 10.9. The number of aromatic nitrogens is 1. The lowest BCUT2D eigenvalue weighted by Crippen LogP contribution is -2.41. The van der Waals surface area contributed by atoms with Gasteiger partial charge in [-0.2, -0.15) is 0 Å². The molecule has 3 aromatic rings. The van der Waals surface area contributed by atoms with E-state index in [4.69, 9.17) is 0 Å². The second-order valence-corrected chi connectivity index (χ2v) is 8.67. The first kappa shape index (κ1) is 21.6. The molecule has 3 rings (SSSR count). The molecule has 30 heavy (non-hydrogen) atoms. The summed E-state index contributed by atoms with van der Waals surface area (Å²) in [5.41, 5.74) is 6.26. The minimum Gasteiger partial charge on any atom is -0.290 e. The molecule has 0 bridgehead atoms. The summed E-state index contributed by atoms with van der Waals surface area (Å²) in [6.07, 6.45) is 0. The predicted octanol–water partition coefficient (Wildman–Crippen LogP) is 2.03. The molecule has 0 saturated heterocycles. The molecule has 0 atom stereocenters. The van der Waals surface area contributed by atoms with Crippen molar-refractivity contribution in [3.63, 3.8) is 0 Å². The van der Waals surface area contributed by atoms with Gasteiger partial charge in [0.25, 0.3) is 21.8 Å². The van der Waals surface area contributed by atoms with Crippen LogP contribution in [0.4, 0.5) is 0 Å². The van der Waals surface area contributed by atoms with Gasteiger partial charge < -0.3 is 0 Å². The fourth-order valence-electron chi connectivity index (χ4n) is 2.50. The molecule has 9 nitrogen and oxygen atoms in total. The highest BCUT2D eigenvalue weighted by Gasteiger charge is 2.18. The lowest BCUT2D eigenvalue weighted by atomic mass is 10.2. The molecular formula is C19H18N4O5S2. The van der Waals surface area contributed by atoms with Gasteiger partial charge in [-0.15, -0.1) is 11.3 Å². The van der Waals surface area contributed by atoms with E-state index in [2.05, 4.69) is 20.7 Å². The molecule has 0 radical (unpaired) electrons. The highest BCUT2D eigenvalue weighted by atomic mass is 32.2. The lowest BCUT2D eigenvalue weighted by Gasteiger charge is -2.08. The molecular weight excluding hydrogens is 428 g/mol. The molecule has 11 heteroatoms. The predicted molar refractivity (Wildman–Crippen MR) is 111 cm³/mol. The third-order valence-corrected chi connectivity index (χ3v) is 6.42. The van der Waals surface area contributed by atoms with Crippen molar-refractivity contribution >= 4 is 33.2 Å². The molecule has 0 unspecified atom stereocenters. The van der Waals surface area contributed by atoms with Crippen molar-refractivity contribution in [3.05, 3.63) is 70.7 Å². The summed E-state index contributed by atoms with van der Waals surface area (Å²) < 4.78 is 23.6. The molecule has 1 aromatic heterocycles. The van der Waals surface area contributed by atoms with Crippen LogP contribution in [0.5, 0.6) is 0 Å². The first-order valence-electron chi connectivity index (χ1n) is 8.60. The Morgan fingerprint density at radius 1 is 0.967 bits per heavy atom. The second kappa shape index (κ2) is 9.13. The molecule has 0 spiro atoms. The Labute approximate surface area is 177 Å². The van der Waals surface area contributed by atoms with E-state index in [1.807, 2.05) is 35.2 Å². The molecule has 3 N–H and O–H groups in total. The van der Waals surface area contributed by atoms with E-state index in [1.165, 1.54) is 42.7 Å². The number of carbonyl (C=O) groups is 2. The van der Waals surface area contributed by atoms with Gasteiger partial charge in [-0.25, -0.2) is 13.4 Å². The van der Waals surface area contributed by atoms with Crippen molar-refractivity contribution in [1.29, 1.82) is 0 Å². The average molecular weight is 447 g/mol. The Morgan fingerprint density at radius 2 is 1.60 bits per heavy atom. The Morgan fingerprint density at radius 3 is 2.23 bits per heavy atom. The van der Waals surface area contributed by atoms with Crippen molar-refractivity contribution in [2.24, 2.45) is 0 Å². The van der Waals surface area contributed by atoms with Crippen LogP contribution in [-0.2, 0) is 14.9 Å². The van der Waals surface area contributed by atoms with E-state index in [0.29, 0.717) is 15.6 Å². The quantitative estimate of drug-likeness (QED) is 0.498. The molecule has 156 valence electrons. The van der Waals surface area contributed by atoms with Gasteiger partial charge in [0.15, 0.2) is 0 Å². The average Bonchev–Trinajstić information content (AvgIpc) is 3.14. The van der Waals surface area contributed by atoms with Crippen LogP contribution >= 0.6 is 11.3 Å². The van der Waals surface area contributed by atoms with Gasteiger partial charge in [-0.3, -0.25) is 25.3 Å². The number of hydrogen-bond acceptors (Lipinski definition) is 7. The van der Waals surface area contributed by atoms with Gasteiger partial charge >= 0.3 is 0 Å². The third-order valence-electron chi connectivity index (χ3n) is 3.93. The van der Waals surface area contributed by atoms with Crippen LogP contribution in [0, 0.1) is 6.92 Å². The van der Waals surface area contributed by atoms with Crippen LogP contribution in [0.1, 0.15) is 25.7 Å². The molecule has 0 saturated carbocycles. The highest BCUT2D eigenvalue weighted by molar-refractivity contribution is 7.89. The fraction of sp³-hybridized carbons (Fsp3) is 0.105. The van der Waals surface area contributed by atoms with Crippen LogP contribution in [-0.4, -0.2) is 32.3 Å². The summed E-state index contributed by atoms with van der Waals surface area (Å²) in [6, 6.07) is 14.6. The Hall–Kier alpha value is -3.12. The summed E-state index contributed by atoms with van der Waals surface area (Å²) in [6.45, 7) is 1.72. The largest absolute Gasteiger partial charge is 0.290 e.